The molecule has 0 aliphatic carbocycles. The van der Waals surface area contributed by atoms with Crippen molar-refractivity contribution in [2.45, 2.75) is 12.6 Å². The second kappa shape index (κ2) is 6.70. The minimum Gasteiger partial charge on any atom is -0.505 e. The van der Waals surface area contributed by atoms with E-state index in [1.54, 1.807) is 6.08 Å². The summed E-state index contributed by atoms with van der Waals surface area (Å²) in [5, 5.41) is 12.0. The molecule has 0 saturated carbocycles. The van der Waals surface area contributed by atoms with Gasteiger partial charge in [-0.3, -0.25) is 9.59 Å². The monoisotopic (exact) mass is 240 g/mol. The van der Waals surface area contributed by atoms with E-state index in [4.69, 9.17) is 0 Å². The Kier molecular flexibility index (Phi) is 5.22. The molecule has 0 radical (unpaired) electrons. The number of amides is 2. The van der Waals surface area contributed by atoms with Gasteiger partial charge in [-0.15, -0.1) is 0 Å². The van der Waals surface area contributed by atoms with Gasteiger partial charge in [-0.1, -0.05) is 0 Å². The molecular formula is C11H16N2O4. The molecule has 6 nitrogen and oxygen atoms in total. The third-order valence-electron chi connectivity index (χ3n) is 2.24. The van der Waals surface area contributed by atoms with E-state index in [1.807, 2.05) is 0 Å². The summed E-state index contributed by atoms with van der Waals surface area (Å²) in [6, 6.07) is 0. The van der Waals surface area contributed by atoms with Crippen molar-refractivity contribution in [2.75, 3.05) is 20.2 Å². The largest absolute Gasteiger partial charge is 0.505 e. The van der Waals surface area contributed by atoms with Gasteiger partial charge >= 0.3 is 0 Å². The standard InChI is InChI=1S/C11H16N2O4/c1-17-8-2-6-12-9(14)5-7-13-10(15)3-4-11(13)16/h2-4,8,10,15H,5-7H2,1H3,(H,12,14). The van der Waals surface area contributed by atoms with E-state index < -0.39 is 6.23 Å². The topological polar surface area (TPSA) is 78.9 Å². The van der Waals surface area contributed by atoms with Crippen molar-refractivity contribution in [2.24, 2.45) is 0 Å². The molecule has 1 unspecified atom stereocenters. The predicted molar refractivity (Wildman–Crippen MR) is 60.6 cm³/mol. The summed E-state index contributed by atoms with van der Waals surface area (Å²) in [6.45, 7) is 0.578. The first-order chi connectivity index (χ1) is 8.15. The second-order valence-corrected chi connectivity index (χ2v) is 3.47. The molecule has 17 heavy (non-hydrogen) atoms. The lowest BCUT2D eigenvalue weighted by atomic mass is 10.3. The zero-order valence-electron chi connectivity index (χ0n) is 9.63. The van der Waals surface area contributed by atoms with Gasteiger partial charge in [-0.2, -0.15) is 0 Å². The van der Waals surface area contributed by atoms with Gasteiger partial charge in [0.05, 0.1) is 13.4 Å². The third-order valence-corrected chi connectivity index (χ3v) is 2.24. The lowest BCUT2D eigenvalue weighted by Gasteiger charge is -2.19. The van der Waals surface area contributed by atoms with Gasteiger partial charge < -0.3 is 20.1 Å². The predicted octanol–water partition coefficient (Wildman–Crippen LogP) is -0.630. The van der Waals surface area contributed by atoms with Crippen LogP contribution >= 0.6 is 0 Å². The number of carbonyl (C=O) groups excluding carboxylic acids is 2. The van der Waals surface area contributed by atoms with Gasteiger partial charge in [0, 0.05) is 25.6 Å². The fraction of sp³-hybridized carbons (Fsp3) is 0.455. The summed E-state index contributed by atoms with van der Waals surface area (Å²) in [6.07, 6.45) is 5.06. The summed E-state index contributed by atoms with van der Waals surface area (Å²) in [4.78, 5) is 23.8. The van der Waals surface area contributed by atoms with Gasteiger partial charge in [0.1, 0.15) is 6.23 Å². The molecule has 94 valence electrons. The molecule has 0 spiro atoms. The number of nitrogens with zero attached hydrogens (tertiary/aromatic N) is 1. The van der Waals surface area contributed by atoms with Crippen LogP contribution in [0.4, 0.5) is 0 Å². The van der Waals surface area contributed by atoms with Gasteiger partial charge in [0.2, 0.25) is 11.8 Å². The first-order valence-corrected chi connectivity index (χ1v) is 5.26. The van der Waals surface area contributed by atoms with Crippen LogP contribution in [0.5, 0.6) is 0 Å². The number of carbonyl (C=O) groups is 2. The van der Waals surface area contributed by atoms with Crippen molar-refractivity contribution in [3.05, 3.63) is 24.5 Å². The Hall–Kier alpha value is -1.82. The van der Waals surface area contributed by atoms with Crippen molar-refractivity contribution in [3.63, 3.8) is 0 Å². The molecule has 6 heteroatoms. The van der Waals surface area contributed by atoms with E-state index in [1.165, 1.54) is 30.4 Å². The van der Waals surface area contributed by atoms with E-state index in [0.717, 1.165) is 0 Å². The molecule has 0 bridgehead atoms. The molecule has 1 aliphatic heterocycles. The molecule has 0 aromatic carbocycles. The van der Waals surface area contributed by atoms with Gasteiger partial charge in [-0.05, 0) is 12.2 Å². The van der Waals surface area contributed by atoms with Crippen LogP contribution in [0.3, 0.4) is 0 Å². The highest BCUT2D eigenvalue weighted by Gasteiger charge is 2.23. The van der Waals surface area contributed by atoms with Crippen molar-refractivity contribution < 1.29 is 19.4 Å². The number of methoxy groups -OCH3 is 1. The summed E-state index contributed by atoms with van der Waals surface area (Å²) >= 11 is 0. The maximum absolute atomic E-state index is 11.4. The van der Waals surface area contributed by atoms with Gasteiger partial charge in [-0.25, -0.2) is 0 Å². The summed E-state index contributed by atoms with van der Waals surface area (Å²) in [5.74, 6) is -0.456. The van der Waals surface area contributed by atoms with Crippen LogP contribution in [0.15, 0.2) is 24.5 Å². The van der Waals surface area contributed by atoms with Crippen molar-refractivity contribution in [3.8, 4) is 0 Å². The maximum atomic E-state index is 11.4. The highest BCUT2D eigenvalue weighted by Crippen LogP contribution is 2.08. The van der Waals surface area contributed by atoms with Crippen LogP contribution in [-0.4, -0.2) is 48.2 Å². The Morgan fingerprint density at radius 1 is 1.71 bits per heavy atom. The van der Waals surface area contributed by atoms with Crippen molar-refractivity contribution in [1.29, 1.82) is 0 Å². The first-order valence-electron chi connectivity index (χ1n) is 5.26. The number of nitrogens with one attached hydrogen (secondary N) is 1. The number of ether oxygens (including phenoxy) is 1. The van der Waals surface area contributed by atoms with Crippen LogP contribution in [0, 0.1) is 0 Å². The summed E-state index contributed by atoms with van der Waals surface area (Å²) in [7, 11) is 1.52. The SMILES string of the molecule is COC=CCNC(=O)CCN1C(=O)C=CC1O. The normalized spacial score (nSPS) is 19.1. The number of rotatable bonds is 6. The summed E-state index contributed by atoms with van der Waals surface area (Å²) in [5.41, 5.74) is 0. The Balaban J connectivity index is 2.20. The molecule has 1 rings (SSSR count). The Morgan fingerprint density at radius 2 is 2.47 bits per heavy atom. The quantitative estimate of drug-likeness (QED) is 0.606. The molecule has 1 aliphatic rings. The van der Waals surface area contributed by atoms with Crippen LogP contribution in [0.1, 0.15) is 6.42 Å². The van der Waals surface area contributed by atoms with Crippen LogP contribution < -0.4 is 5.32 Å². The molecule has 0 aromatic heterocycles. The molecule has 2 amide bonds. The lowest BCUT2D eigenvalue weighted by molar-refractivity contribution is -0.131. The molecule has 0 saturated heterocycles. The fourth-order valence-electron chi connectivity index (χ4n) is 1.37. The Labute approximate surface area is 99.5 Å². The van der Waals surface area contributed by atoms with E-state index in [0.29, 0.717) is 6.54 Å². The zero-order valence-corrected chi connectivity index (χ0v) is 9.63. The number of hydrogen-bond donors (Lipinski definition) is 2. The van der Waals surface area contributed by atoms with Crippen LogP contribution in [-0.2, 0) is 14.3 Å². The average Bonchev–Trinajstić information content (AvgIpc) is 2.62. The zero-order chi connectivity index (χ0) is 12.7. The van der Waals surface area contributed by atoms with Gasteiger partial charge in [0.15, 0.2) is 0 Å². The highest BCUT2D eigenvalue weighted by atomic mass is 16.5. The van der Waals surface area contributed by atoms with E-state index in [9.17, 15) is 14.7 Å². The minimum atomic E-state index is -0.913. The fourth-order valence-corrected chi connectivity index (χ4v) is 1.37. The molecular weight excluding hydrogens is 224 g/mol. The highest BCUT2D eigenvalue weighted by molar-refractivity contribution is 5.90. The third kappa shape index (κ3) is 4.28. The number of aliphatic hydroxyl groups excluding tert-OH is 1. The molecule has 1 heterocycles. The first kappa shape index (κ1) is 13.2. The van der Waals surface area contributed by atoms with E-state index in [2.05, 4.69) is 10.1 Å². The van der Waals surface area contributed by atoms with E-state index in [-0.39, 0.29) is 24.8 Å². The molecule has 0 aromatic rings. The van der Waals surface area contributed by atoms with Gasteiger partial charge in [0.25, 0.3) is 0 Å². The maximum Gasteiger partial charge on any atom is 0.248 e. The van der Waals surface area contributed by atoms with Crippen molar-refractivity contribution >= 4 is 11.8 Å². The Bertz CT molecular complexity index is 338. The van der Waals surface area contributed by atoms with E-state index >= 15 is 0 Å². The molecule has 0 fully saturated rings. The Morgan fingerprint density at radius 3 is 3.06 bits per heavy atom. The van der Waals surface area contributed by atoms with Crippen LogP contribution in [0.2, 0.25) is 0 Å². The number of hydrogen-bond acceptors (Lipinski definition) is 4. The second-order valence-electron chi connectivity index (χ2n) is 3.47. The molecule has 2 N–H and O–H groups in total. The van der Waals surface area contributed by atoms with Crippen molar-refractivity contribution in [1.82, 2.24) is 10.2 Å². The smallest absolute Gasteiger partial charge is 0.248 e. The lowest BCUT2D eigenvalue weighted by Crippen LogP contribution is -2.37. The average molecular weight is 240 g/mol. The summed E-state index contributed by atoms with van der Waals surface area (Å²) < 4.78 is 4.67. The van der Waals surface area contributed by atoms with Crippen LogP contribution in [0.25, 0.3) is 0 Å². The minimum absolute atomic E-state index is 0.158. The number of aliphatic hydroxyl groups is 1. The molecule has 1 atom stereocenters.